The molecule has 1 atom stereocenters. The van der Waals surface area contributed by atoms with Crippen molar-refractivity contribution in [3.63, 3.8) is 0 Å². The topological polar surface area (TPSA) is 26.3 Å². The molecular weight excluding hydrogens is 240 g/mol. The van der Waals surface area contributed by atoms with Crippen LogP contribution in [0.1, 0.15) is 5.56 Å². The van der Waals surface area contributed by atoms with E-state index in [1.807, 2.05) is 30.3 Å². The largest absolute Gasteiger partial charge is 0.372 e. The van der Waals surface area contributed by atoms with Crippen molar-refractivity contribution >= 4 is 13.9 Å². The van der Waals surface area contributed by atoms with E-state index in [0.29, 0.717) is 6.42 Å². The Balaban J connectivity index is 2.72. The van der Waals surface area contributed by atoms with Crippen LogP contribution in [-0.2, 0) is 16.0 Å². The van der Waals surface area contributed by atoms with Crippen LogP contribution in [0.5, 0.6) is 0 Å². The summed E-state index contributed by atoms with van der Waals surface area (Å²) in [5, 5.41) is 0. The standard InChI is InChI=1S/C15H20O2Si/c1-17-15(12-13-8-6-5-7-9-13)14(16)10-11-18(2,3)4/h5-9,15H,12H2,1-4H3/t15-/m0/s1. The van der Waals surface area contributed by atoms with E-state index in [4.69, 9.17) is 4.74 Å². The summed E-state index contributed by atoms with van der Waals surface area (Å²) in [6.07, 6.45) is 0.118. The number of carbonyl (C=O) groups excluding carboxylic acids is 1. The average molecular weight is 260 g/mol. The van der Waals surface area contributed by atoms with E-state index in [0.717, 1.165) is 5.56 Å². The van der Waals surface area contributed by atoms with Crippen LogP contribution in [0.3, 0.4) is 0 Å². The van der Waals surface area contributed by atoms with E-state index in [1.54, 1.807) is 7.11 Å². The van der Waals surface area contributed by atoms with Crippen LogP contribution in [0.4, 0.5) is 0 Å². The van der Waals surface area contributed by atoms with Crippen LogP contribution in [0.15, 0.2) is 30.3 Å². The SMILES string of the molecule is CO[C@@H](Cc1ccccc1)C(=O)C#C[Si](C)(C)C. The molecule has 18 heavy (non-hydrogen) atoms. The van der Waals surface area contributed by atoms with Crippen LogP contribution in [0.25, 0.3) is 0 Å². The van der Waals surface area contributed by atoms with Crippen molar-refractivity contribution in [2.45, 2.75) is 32.2 Å². The molecule has 0 saturated heterocycles. The van der Waals surface area contributed by atoms with Gasteiger partial charge in [-0.25, -0.2) is 0 Å². The van der Waals surface area contributed by atoms with Gasteiger partial charge in [-0.05, 0) is 11.5 Å². The summed E-state index contributed by atoms with van der Waals surface area (Å²) in [7, 11) is 0.0491. The van der Waals surface area contributed by atoms with Crippen LogP contribution < -0.4 is 0 Å². The van der Waals surface area contributed by atoms with Gasteiger partial charge in [-0.15, -0.1) is 5.54 Å². The van der Waals surface area contributed by atoms with Gasteiger partial charge in [-0.2, -0.15) is 0 Å². The Morgan fingerprint density at radius 1 is 1.28 bits per heavy atom. The summed E-state index contributed by atoms with van der Waals surface area (Å²) in [6, 6.07) is 9.86. The average Bonchev–Trinajstić information content (AvgIpc) is 2.33. The fraction of sp³-hybridized carbons (Fsp3) is 0.400. The van der Waals surface area contributed by atoms with Crippen molar-refractivity contribution in [3.8, 4) is 11.5 Å². The number of benzene rings is 1. The Hall–Kier alpha value is -1.37. The molecule has 96 valence electrons. The third kappa shape index (κ3) is 5.31. The van der Waals surface area contributed by atoms with Crippen LogP contribution in [-0.4, -0.2) is 27.1 Å². The predicted molar refractivity (Wildman–Crippen MR) is 77.1 cm³/mol. The summed E-state index contributed by atoms with van der Waals surface area (Å²) in [5.74, 6) is 2.62. The molecule has 0 N–H and O–H groups in total. The van der Waals surface area contributed by atoms with Crippen molar-refractivity contribution in [2.24, 2.45) is 0 Å². The zero-order valence-corrected chi connectivity index (χ0v) is 12.5. The molecule has 3 heteroatoms. The molecule has 0 unspecified atom stereocenters. The summed E-state index contributed by atoms with van der Waals surface area (Å²) in [6.45, 7) is 6.35. The zero-order valence-electron chi connectivity index (χ0n) is 11.5. The highest BCUT2D eigenvalue weighted by atomic mass is 28.3. The molecule has 0 radical (unpaired) electrons. The Bertz CT molecular complexity index is 449. The van der Waals surface area contributed by atoms with Crippen molar-refractivity contribution in [1.29, 1.82) is 0 Å². The Morgan fingerprint density at radius 2 is 1.89 bits per heavy atom. The number of Topliss-reactive ketones (excluding diaryl/α,β-unsaturated/α-hetero) is 1. The van der Waals surface area contributed by atoms with Gasteiger partial charge in [0.1, 0.15) is 14.2 Å². The third-order valence-electron chi connectivity index (χ3n) is 2.40. The van der Waals surface area contributed by atoms with Gasteiger partial charge in [0.25, 0.3) is 0 Å². The smallest absolute Gasteiger partial charge is 0.233 e. The fourth-order valence-electron chi connectivity index (χ4n) is 1.44. The highest BCUT2D eigenvalue weighted by Gasteiger charge is 2.17. The van der Waals surface area contributed by atoms with Crippen LogP contribution in [0, 0.1) is 11.5 Å². The minimum Gasteiger partial charge on any atom is -0.372 e. The molecule has 0 aliphatic carbocycles. The van der Waals surface area contributed by atoms with E-state index in [2.05, 4.69) is 31.1 Å². The molecule has 0 spiro atoms. The number of hydrogen-bond donors (Lipinski definition) is 0. The van der Waals surface area contributed by atoms with Crippen molar-refractivity contribution in [2.75, 3.05) is 7.11 Å². The third-order valence-corrected chi connectivity index (χ3v) is 3.28. The van der Waals surface area contributed by atoms with Gasteiger partial charge in [-0.3, -0.25) is 4.79 Å². The predicted octanol–water partition coefficient (Wildman–Crippen LogP) is 2.69. The maximum absolute atomic E-state index is 11.9. The molecule has 0 saturated carbocycles. The number of rotatable bonds is 4. The molecule has 0 aromatic heterocycles. The monoisotopic (exact) mass is 260 g/mol. The molecule has 0 bridgehead atoms. The van der Waals surface area contributed by atoms with Gasteiger partial charge < -0.3 is 4.74 Å². The Labute approximate surface area is 110 Å². The second-order valence-electron chi connectivity index (χ2n) is 5.28. The van der Waals surface area contributed by atoms with Gasteiger partial charge in [0.2, 0.25) is 5.78 Å². The van der Waals surface area contributed by atoms with E-state index in [1.165, 1.54) is 0 Å². The summed E-state index contributed by atoms with van der Waals surface area (Å²) >= 11 is 0. The van der Waals surface area contributed by atoms with Gasteiger partial charge in [0.05, 0.1) is 0 Å². The van der Waals surface area contributed by atoms with Gasteiger partial charge >= 0.3 is 0 Å². The number of ketones is 1. The highest BCUT2D eigenvalue weighted by Crippen LogP contribution is 2.06. The summed E-state index contributed by atoms with van der Waals surface area (Å²) in [4.78, 5) is 11.9. The lowest BCUT2D eigenvalue weighted by Gasteiger charge is -2.11. The van der Waals surface area contributed by atoms with Crippen molar-refractivity contribution < 1.29 is 9.53 Å². The number of ether oxygens (including phenoxy) is 1. The maximum atomic E-state index is 11.9. The molecule has 2 nitrogen and oxygen atoms in total. The first-order valence-electron chi connectivity index (χ1n) is 6.06. The van der Waals surface area contributed by atoms with E-state index in [-0.39, 0.29) is 5.78 Å². The molecule has 0 aliphatic rings. The van der Waals surface area contributed by atoms with Crippen molar-refractivity contribution in [3.05, 3.63) is 35.9 Å². The van der Waals surface area contributed by atoms with E-state index in [9.17, 15) is 4.79 Å². The lowest BCUT2D eigenvalue weighted by Crippen LogP contribution is -2.25. The highest BCUT2D eigenvalue weighted by molar-refractivity contribution is 6.84. The van der Waals surface area contributed by atoms with Crippen LogP contribution in [0.2, 0.25) is 19.6 Å². The molecule has 1 aromatic carbocycles. The lowest BCUT2D eigenvalue weighted by molar-refractivity contribution is -0.122. The van der Waals surface area contributed by atoms with Crippen LogP contribution >= 0.6 is 0 Å². The first-order chi connectivity index (χ1) is 8.42. The molecule has 0 aliphatic heterocycles. The molecule has 1 aromatic rings. The number of hydrogen-bond acceptors (Lipinski definition) is 2. The summed E-state index contributed by atoms with van der Waals surface area (Å²) in [5.41, 5.74) is 4.17. The minimum atomic E-state index is -1.51. The number of methoxy groups -OCH3 is 1. The van der Waals surface area contributed by atoms with Gasteiger partial charge in [-0.1, -0.05) is 50.0 Å². The first kappa shape index (κ1) is 14.7. The van der Waals surface area contributed by atoms with Gasteiger partial charge in [0, 0.05) is 13.5 Å². The lowest BCUT2D eigenvalue weighted by atomic mass is 10.1. The summed E-state index contributed by atoms with van der Waals surface area (Å²) < 4.78 is 5.24. The van der Waals surface area contributed by atoms with Crippen molar-refractivity contribution in [1.82, 2.24) is 0 Å². The Kier molecular flexibility index (Phi) is 5.33. The molecule has 1 rings (SSSR count). The molecule has 0 heterocycles. The minimum absolute atomic E-state index is 0.122. The number of carbonyl (C=O) groups is 1. The quantitative estimate of drug-likeness (QED) is 0.614. The first-order valence-corrected chi connectivity index (χ1v) is 9.56. The Morgan fingerprint density at radius 3 is 2.39 bits per heavy atom. The maximum Gasteiger partial charge on any atom is 0.233 e. The molecule has 0 amide bonds. The van der Waals surface area contributed by atoms with E-state index >= 15 is 0 Å². The molecular formula is C15H20O2Si. The fourth-order valence-corrected chi connectivity index (χ4v) is 1.94. The van der Waals surface area contributed by atoms with Gasteiger partial charge in [0.15, 0.2) is 0 Å². The normalized spacial score (nSPS) is 12.4. The zero-order chi connectivity index (χ0) is 13.6. The van der Waals surface area contributed by atoms with E-state index < -0.39 is 14.2 Å². The second-order valence-corrected chi connectivity index (χ2v) is 10.0. The second kappa shape index (κ2) is 6.53. The molecule has 0 fully saturated rings.